The first-order valence-electron chi connectivity index (χ1n) is 14.2. The molecule has 0 unspecified atom stereocenters. The van der Waals surface area contributed by atoms with Crippen LogP contribution in [0.3, 0.4) is 0 Å². The zero-order valence-corrected chi connectivity index (χ0v) is 27.0. The molecule has 0 saturated heterocycles. The van der Waals surface area contributed by atoms with Crippen LogP contribution in [0.2, 0.25) is 0 Å². The van der Waals surface area contributed by atoms with E-state index in [1.54, 1.807) is 68.6 Å². The van der Waals surface area contributed by atoms with Crippen molar-refractivity contribution in [1.82, 2.24) is 24.8 Å². The lowest BCUT2D eigenvalue weighted by Gasteiger charge is -2.23. The van der Waals surface area contributed by atoms with Crippen molar-refractivity contribution in [2.75, 3.05) is 49.3 Å². The van der Waals surface area contributed by atoms with Gasteiger partial charge >= 0.3 is 12.1 Å². The fourth-order valence-corrected chi connectivity index (χ4v) is 5.20. The first-order chi connectivity index (χ1) is 21.8. The molecule has 0 aliphatic carbocycles. The molecule has 2 N–H and O–H groups in total. The number of sulfonamides is 1. The van der Waals surface area contributed by atoms with Crippen LogP contribution in [-0.4, -0.2) is 91.2 Å². The molecule has 0 spiro atoms. The third-order valence-corrected chi connectivity index (χ3v) is 8.63. The number of benzene rings is 2. The van der Waals surface area contributed by atoms with E-state index < -0.39 is 28.1 Å². The largest absolute Gasteiger partial charge is 0.480 e. The molecule has 0 fully saturated rings. The Hall–Kier alpha value is -5.31. The van der Waals surface area contributed by atoms with Crippen molar-refractivity contribution in [3.63, 3.8) is 0 Å². The number of hydrogen-bond donors (Lipinski definition) is 2. The molecule has 15 heteroatoms. The molecule has 0 saturated carbocycles. The van der Waals surface area contributed by atoms with Gasteiger partial charge in [0.25, 0.3) is 10.0 Å². The number of aromatic nitrogens is 4. The van der Waals surface area contributed by atoms with Crippen LogP contribution in [0.15, 0.2) is 77.8 Å². The van der Waals surface area contributed by atoms with E-state index in [-0.39, 0.29) is 29.2 Å². The van der Waals surface area contributed by atoms with Gasteiger partial charge in [-0.05, 0) is 48.9 Å². The molecule has 46 heavy (non-hydrogen) atoms. The summed E-state index contributed by atoms with van der Waals surface area (Å²) in [4.78, 5) is 44.7. The highest BCUT2D eigenvalue weighted by molar-refractivity contribution is 7.92. The summed E-state index contributed by atoms with van der Waals surface area (Å²) in [6.45, 7) is 2.28. The molecule has 2 aromatic heterocycles. The van der Waals surface area contributed by atoms with Crippen LogP contribution in [0.5, 0.6) is 5.75 Å². The van der Waals surface area contributed by atoms with Gasteiger partial charge in [0, 0.05) is 59.5 Å². The number of aryl methyl sites for hydroxylation is 1. The van der Waals surface area contributed by atoms with Crippen molar-refractivity contribution in [2.24, 2.45) is 0 Å². The Kier molecular flexibility index (Phi) is 10.7. The predicted octanol–water partition coefficient (Wildman–Crippen LogP) is 3.25. The summed E-state index contributed by atoms with van der Waals surface area (Å²) in [7, 11) is 2.12. The second-order valence-corrected chi connectivity index (χ2v) is 12.7. The van der Waals surface area contributed by atoms with E-state index in [1.165, 1.54) is 24.1 Å². The number of pyridine rings is 1. The molecule has 0 aliphatic rings. The van der Waals surface area contributed by atoms with Crippen LogP contribution in [0.4, 0.5) is 22.6 Å². The number of anilines is 3. The fourth-order valence-electron chi connectivity index (χ4n) is 4.11. The van der Waals surface area contributed by atoms with Crippen molar-refractivity contribution in [1.29, 1.82) is 0 Å². The Balaban J connectivity index is 1.63. The lowest BCUT2D eigenvalue weighted by molar-refractivity contribution is -0.137. The summed E-state index contributed by atoms with van der Waals surface area (Å²) in [5.74, 6) is -1.07. The second-order valence-electron chi connectivity index (χ2n) is 10.7. The molecule has 1 amide bonds. The SMILES string of the molecule is Cc1ccc(S(=O)(=O)N(C)c2nc(N[C@@H](Cc3ccc(OC(=O)N(C)C)cc3)C(=O)O)nc(N(C)CCc3ccccn3)n2)cc1. The zero-order valence-electron chi connectivity index (χ0n) is 26.2. The van der Waals surface area contributed by atoms with Crippen LogP contribution in [0.25, 0.3) is 0 Å². The highest BCUT2D eigenvalue weighted by Gasteiger charge is 2.27. The summed E-state index contributed by atoms with van der Waals surface area (Å²) < 4.78 is 33.2. The minimum absolute atomic E-state index is 0.0145. The molecule has 242 valence electrons. The lowest BCUT2D eigenvalue weighted by Crippen LogP contribution is -2.34. The molecule has 2 heterocycles. The number of nitrogens with zero attached hydrogens (tertiary/aromatic N) is 7. The fraction of sp³-hybridized carbons (Fsp3) is 0.290. The van der Waals surface area contributed by atoms with E-state index in [2.05, 4.69) is 25.3 Å². The van der Waals surface area contributed by atoms with Crippen LogP contribution in [0, 0.1) is 6.92 Å². The first kappa shape index (κ1) is 33.6. The van der Waals surface area contributed by atoms with Gasteiger partial charge in [-0.3, -0.25) is 4.98 Å². The molecular weight excluding hydrogens is 612 g/mol. The molecule has 1 atom stereocenters. The summed E-state index contributed by atoms with van der Waals surface area (Å²) in [5, 5.41) is 12.9. The van der Waals surface area contributed by atoms with Gasteiger partial charge < -0.3 is 25.0 Å². The normalized spacial score (nSPS) is 11.8. The Morgan fingerprint density at radius 1 is 0.913 bits per heavy atom. The van der Waals surface area contributed by atoms with Gasteiger partial charge in [-0.2, -0.15) is 15.0 Å². The van der Waals surface area contributed by atoms with Crippen molar-refractivity contribution in [3.05, 3.63) is 89.7 Å². The molecule has 0 bridgehead atoms. The van der Waals surface area contributed by atoms with Crippen LogP contribution >= 0.6 is 0 Å². The van der Waals surface area contributed by atoms with E-state index in [9.17, 15) is 23.1 Å². The number of aliphatic carboxylic acids is 1. The third-order valence-electron chi connectivity index (χ3n) is 6.88. The summed E-state index contributed by atoms with van der Waals surface area (Å²) in [6, 6.07) is 17.2. The van der Waals surface area contributed by atoms with Gasteiger partial charge in [0.15, 0.2) is 0 Å². The van der Waals surface area contributed by atoms with Gasteiger partial charge in [0.2, 0.25) is 17.8 Å². The zero-order chi connectivity index (χ0) is 33.4. The standard InChI is InChI=1S/C31H36N8O6S/c1-21-9-15-25(16-10-21)46(43,44)39(5)30-35-28(34-29(36-30)38(4)19-17-23-8-6-7-18-32-23)33-26(27(40)41)20-22-11-13-24(14-12-22)45-31(42)37(2)3/h6-16,18,26H,17,19-20H2,1-5H3,(H,40,41)(H,33,34,35,36)/t26-/m0/s1. The molecule has 2 aromatic carbocycles. The van der Waals surface area contributed by atoms with E-state index in [4.69, 9.17) is 4.74 Å². The number of rotatable bonds is 13. The number of carboxylic acid groups (broad SMARTS) is 1. The van der Waals surface area contributed by atoms with Gasteiger partial charge in [0.1, 0.15) is 11.8 Å². The van der Waals surface area contributed by atoms with E-state index in [0.29, 0.717) is 24.3 Å². The van der Waals surface area contributed by atoms with Crippen molar-refractivity contribution < 1.29 is 27.9 Å². The number of nitrogens with one attached hydrogen (secondary N) is 1. The van der Waals surface area contributed by atoms with Gasteiger partial charge in [-0.15, -0.1) is 0 Å². The number of hydrogen-bond acceptors (Lipinski definition) is 11. The average molecular weight is 649 g/mol. The third kappa shape index (κ3) is 8.65. The molecule has 4 rings (SSSR count). The van der Waals surface area contributed by atoms with Gasteiger partial charge in [-0.25, -0.2) is 22.3 Å². The van der Waals surface area contributed by atoms with Gasteiger partial charge in [-0.1, -0.05) is 35.9 Å². The predicted molar refractivity (Wildman–Crippen MR) is 173 cm³/mol. The highest BCUT2D eigenvalue weighted by Crippen LogP contribution is 2.23. The highest BCUT2D eigenvalue weighted by atomic mass is 32.2. The minimum atomic E-state index is -4.07. The summed E-state index contributed by atoms with van der Waals surface area (Å²) in [5.41, 5.74) is 2.37. The van der Waals surface area contributed by atoms with Crippen molar-refractivity contribution in [3.8, 4) is 5.75 Å². The number of amides is 1. The van der Waals surface area contributed by atoms with E-state index in [0.717, 1.165) is 15.6 Å². The topological polar surface area (TPSA) is 171 Å². The van der Waals surface area contributed by atoms with Gasteiger partial charge in [0.05, 0.1) is 4.90 Å². The molecule has 0 radical (unpaired) electrons. The summed E-state index contributed by atoms with van der Waals surface area (Å²) >= 11 is 0. The molecule has 0 aliphatic heterocycles. The van der Waals surface area contributed by atoms with Crippen LogP contribution in [0.1, 0.15) is 16.8 Å². The minimum Gasteiger partial charge on any atom is -0.480 e. The Labute approximate surface area is 267 Å². The van der Waals surface area contributed by atoms with Crippen LogP contribution in [-0.2, 0) is 27.7 Å². The Bertz CT molecular complexity index is 1750. The maximum atomic E-state index is 13.5. The molecule has 4 aromatic rings. The smallest absolute Gasteiger partial charge is 0.414 e. The number of carbonyl (C=O) groups excluding carboxylic acids is 1. The van der Waals surface area contributed by atoms with Crippen molar-refractivity contribution >= 4 is 39.9 Å². The maximum absolute atomic E-state index is 13.5. The number of likely N-dealkylation sites (N-methyl/N-ethyl adjacent to an activating group) is 1. The Morgan fingerprint density at radius 3 is 2.20 bits per heavy atom. The van der Waals surface area contributed by atoms with Crippen molar-refractivity contribution in [2.45, 2.75) is 30.7 Å². The molecular formula is C31H36N8O6S. The quantitative estimate of drug-likeness (QED) is 0.217. The second kappa shape index (κ2) is 14.6. The maximum Gasteiger partial charge on any atom is 0.414 e. The average Bonchev–Trinajstić information content (AvgIpc) is 3.04. The lowest BCUT2D eigenvalue weighted by atomic mass is 10.1. The Morgan fingerprint density at radius 2 is 1.59 bits per heavy atom. The van der Waals surface area contributed by atoms with Crippen LogP contribution < -0.4 is 19.3 Å². The number of ether oxygens (including phenoxy) is 1. The van der Waals surface area contributed by atoms with E-state index >= 15 is 0 Å². The number of carbonyl (C=O) groups is 2. The first-order valence-corrected chi connectivity index (χ1v) is 15.7. The summed E-state index contributed by atoms with van der Waals surface area (Å²) in [6.07, 6.45) is 1.72. The van der Waals surface area contributed by atoms with E-state index in [1.807, 2.05) is 25.1 Å². The monoisotopic (exact) mass is 648 g/mol. The number of carboxylic acids is 1. The molecule has 14 nitrogen and oxygen atoms in total.